The molecule has 0 bridgehead atoms. The smallest absolute Gasteiger partial charge is 0.382 e. The second kappa shape index (κ2) is 6.55. The molecule has 0 radical (unpaired) electrons. The Bertz CT molecular complexity index is 863. The van der Waals surface area contributed by atoms with Crippen LogP contribution in [0.3, 0.4) is 0 Å². The summed E-state index contributed by atoms with van der Waals surface area (Å²) in [5.41, 5.74) is 6.38. The quantitative estimate of drug-likeness (QED) is 0.844. The van der Waals surface area contributed by atoms with Gasteiger partial charge in [-0.3, -0.25) is 5.43 Å². The molecule has 0 unspecified atom stereocenters. The van der Waals surface area contributed by atoms with E-state index < -0.39 is 18.5 Å². The fourth-order valence-electron chi connectivity index (χ4n) is 2.99. The third-order valence-electron chi connectivity index (χ3n) is 5.33. The summed E-state index contributed by atoms with van der Waals surface area (Å²) in [6.07, 6.45) is 2.05. The van der Waals surface area contributed by atoms with E-state index in [1.54, 1.807) is 5.03 Å². The van der Waals surface area contributed by atoms with Crippen LogP contribution in [-0.4, -0.2) is 29.2 Å². The molecule has 138 valence electrons. The van der Waals surface area contributed by atoms with Crippen molar-refractivity contribution in [1.29, 1.82) is 0 Å². The lowest BCUT2D eigenvalue weighted by molar-refractivity contribution is 0.00578. The number of rotatable bonds is 3. The van der Waals surface area contributed by atoms with E-state index >= 15 is 0 Å². The number of hydrogen-bond donors (Lipinski definition) is 1. The van der Waals surface area contributed by atoms with Crippen molar-refractivity contribution in [2.45, 2.75) is 38.9 Å². The molecule has 1 fully saturated rings. The number of hydrazone groups is 1. The molecule has 0 atom stereocenters. The molecule has 0 spiro atoms. The summed E-state index contributed by atoms with van der Waals surface area (Å²) < 4.78 is 12.4. The highest BCUT2D eigenvalue weighted by molar-refractivity contribution is 6.42. The Balaban J connectivity index is 1.71. The normalized spacial score (nSPS) is 20.7. The van der Waals surface area contributed by atoms with Crippen molar-refractivity contribution < 1.29 is 9.31 Å². The maximum absolute atomic E-state index is 6.18. The summed E-state index contributed by atoms with van der Waals surface area (Å²) in [6, 6.07) is 20.3. The minimum Gasteiger partial charge on any atom is -0.382 e. The van der Waals surface area contributed by atoms with Crippen molar-refractivity contribution in [3.63, 3.8) is 0 Å². The first-order valence-electron chi connectivity index (χ1n) is 9.18. The van der Waals surface area contributed by atoms with E-state index in [9.17, 15) is 0 Å². The molecule has 2 aliphatic heterocycles. The van der Waals surface area contributed by atoms with Gasteiger partial charge in [-0.25, -0.2) is 0 Å². The summed E-state index contributed by atoms with van der Waals surface area (Å²) in [6.45, 7) is 8.14. The SMILES string of the molecule is CC1(C)OB(N2N=C(c3ccccc3)C=C(c3ccccc3)N2)OC1(C)C. The van der Waals surface area contributed by atoms with Crippen molar-refractivity contribution in [3.8, 4) is 0 Å². The predicted molar refractivity (Wildman–Crippen MR) is 108 cm³/mol. The Morgan fingerprint density at radius 3 is 1.89 bits per heavy atom. The van der Waals surface area contributed by atoms with E-state index in [1.165, 1.54) is 0 Å². The lowest BCUT2D eigenvalue weighted by Gasteiger charge is -2.31. The molecule has 0 aliphatic carbocycles. The molecule has 5 nitrogen and oxygen atoms in total. The number of nitrogens with zero attached hydrogens (tertiary/aromatic N) is 2. The lowest BCUT2D eigenvalue weighted by Crippen LogP contribution is -2.48. The highest BCUT2D eigenvalue weighted by atomic mass is 16.7. The molecule has 2 aliphatic rings. The third kappa shape index (κ3) is 3.38. The van der Waals surface area contributed by atoms with Crippen molar-refractivity contribution >= 4 is 18.7 Å². The second-order valence-corrected chi connectivity index (χ2v) is 7.80. The molecule has 1 N–H and O–H groups in total. The van der Waals surface area contributed by atoms with Crippen LogP contribution in [-0.2, 0) is 9.31 Å². The largest absolute Gasteiger partial charge is 0.631 e. The molecule has 2 aromatic carbocycles. The molecule has 4 rings (SSSR count). The van der Waals surface area contributed by atoms with Crippen molar-refractivity contribution in [2.24, 2.45) is 5.10 Å². The van der Waals surface area contributed by atoms with Crippen molar-refractivity contribution in [3.05, 3.63) is 77.9 Å². The fraction of sp³-hybridized carbons (Fsp3) is 0.286. The number of benzene rings is 2. The summed E-state index contributed by atoms with van der Waals surface area (Å²) in [5.74, 6) is 0. The van der Waals surface area contributed by atoms with Crippen LogP contribution in [0.2, 0.25) is 0 Å². The molecule has 2 heterocycles. The molecular weight excluding hydrogens is 337 g/mol. The van der Waals surface area contributed by atoms with Crippen LogP contribution in [0.5, 0.6) is 0 Å². The van der Waals surface area contributed by atoms with Gasteiger partial charge in [0.1, 0.15) is 0 Å². The highest BCUT2D eigenvalue weighted by Crippen LogP contribution is 2.38. The number of allylic oxidation sites excluding steroid dienone is 1. The maximum Gasteiger partial charge on any atom is 0.631 e. The van der Waals surface area contributed by atoms with E-state index in [0.717, 1.165) is 22.5 Å². The standard InChI is InChI=1S/C21H24BN3O2/c1-20(2)21(3,4)27-22(26-20)25-23-18(16-11-7-5-8-12-16)15-19(24-25)17-13-9-6-10-14-17/h5-15,23H,1-4H3. The van der Waals surface area contributed by atoms with Crippen LogP contribution in [0.4, 0.5) is 0 Å². The highest BCUT2D eigenvalue weighted by Gasteiger charge is 2.55. The van der Waals surface area contributed by atoms with Gasteiger partial charge >= 0.3 is 7.25 Å². The molecule has 6 heteroatoms. The topological polar surface area (TPSA) is 46.1 Å². The molecule has 27 heavy (non-hydrogen) atoms. The number of hydrazine groups is 1. The van der Waals surface area contributed by atoms with E-state index in [0.29, 0.717) is 0 Å². The van der Waals surface area contributed by atoms with Crippen molar-refractivity contribution in [2.75, 3.05) is 0 Å². The van der Waals surface area contributed by atoms with Crippen LogP contribution in [0.1, 0.15) is 38.8 Å². The molecular formula is C21H24BN3O2. The summed E-state index contributed by atoms with van der Waals surface area (Å²) in [4.78, 5) is 0. The Morgan fingerprint density at radius 1 is 0.815 bits per heavy atom. The Kier molecular flexibility index (Phi) is 4.33. The van der Waals surface area contributed by atoms with Gasteiger partial charge in [-0.2, -0.15) is 10.1 Å². The molecule has 0 amide bonds. The van der Waals surface area contributed by atoms with Gasteiger partial charge in [-0.05, 0) is 39.3 Å². The minimum atomic E-state index is -0.624. The average Bonchev–Trinajstić information content (AvgIpc) is 2.90. The number of nitrogens with one attached hydrogen (secondary N) is 1. The minimum absolute atomic E-state index is 0.435. The Morgan fingerprint density at radius 2 is 1.33 bits per heavy atom. The third-order valence-corrected chi connectivity index (χ3v) is 5.33. The Labute approximate surface area is 160 Å². The van der Waals surface area contributed by atoms with E-state index in [2.05, 4.69) is 17.6 Å². The van der Waals surface area contributed by atoms with Gasteiger partial charge in [-0.1, -0.05) is 60.7 Å². The maximum atomic E-state index is 6.18. The van der Waals surface area contributed by atoms with Crippen LogP contribution in [0.15, 0.2) is 71.8 Å². The second-order valence-electron chi connectivity index (χ2n) is 7.80. The van der Waals surface area contributed by atoms with E-state index in [1.807, 2.05) is 82.3 Å². The predicted octanol–water partition coefficient (Wildman–Crippen LogP) is 3.84. The van der Waals surface area contributed by atoms with Gasteiger partial charge in [-0.15, -0.1) is 0 Å². The molecule has 2 aromatic rings. The molecule has 0 saturated carbocycles. The van der Waals surface area contributed by atoms with Gasteiger partial charge in [0, 0.05) is 5.56 Å². The first kappa shape index (κ1) is 17.8. The van der Waals surface area contributed by atoms with E-state index in [4.69, 9.17) is 14.4 Å². The van der Waals surface area contributed by atoms with Crippen LogP contribution in [0.25, 0.3) is 5.70 Å². The molecule has 1 saturated heterocycles. The zero-order valence-electron chi connectivity index (χ0n) is 16.1. The molecule has 0 aromatic heterocycles. The first-order chi connectivity index (χ1) is 12.9. The summed E-state index contributed by atoms with van der Waals surface area (Å²) in [5, 5.41) is 6.42. The summed E-state index contributed by atoms with van der Waals surface area (Å²) in [7, 11) is -0.624. The number of hydrogen-bond acceptors (Lipinski definition) is 5. The summed E-state index contributed by atoms with van der Waals surface area (Å²) >= 11 is 0. The van der Waals surface area contributed by atoms with Crippen LogP contribution >= 0.6 is 0 Å². The average molecular weight is 361 g/mol. The lowest BCUT2D eigenvalue weighted by atomic mass is 9.90. The first-order valence-corrected chi connectivity index (χ1v) is 9.18. The van der Waals surface area contributed by atoms with Gasteiger partial charge < -0.3 is 9.31 Å². The van der Waals surface area contributed by atoms with Crippen LogP contribution in [0, 0.1) is 0 Å². The van der Waals surface area contributed by atoms with Crippen LogP contribution < -0.4 is 5.43 Å². The van der Waals surface area contributed by atoms with Gasteiger partial charge in [0.15, 0.2) is 0 Å². The fourth-order valence-corrected chi connectivity index (χ4v) is 2.99. The van der Waals surface area contributed by atoms with Gasteiger partial charge in [0.05, 0.1) is 22.6 Å². The zero-order chi connectivity index (χ0) is 19.1. The van der Waals surface area contributed by atoms with E-state index in [-0.39, 0.29) is 0 Å². The van der Waals surface area contributed by atoms with Crippen molar-refractivity contribution in [1.82, 2.24) is 10.5 Å². The zero-order valence-corrected chi connectivity index (χ0v) is 16.1. The van der Waals surface area contributed by atoms with Gasteiger partial charge in [0.25, 0.3) is 0 Å². The van der Waals surface area contributed by atoms with Gasteiger partial charge in [0.2, 0.25) is 0 Å². The monoisotopic (exact) mass is 361 g/mol. The Hall–Kier alpha value is -2.57.